The highest BCUT2D eigenvalue weighted by molar-refractivity contribution is 5.83. The molecule has 1 saturated carbocycles. The highest BCUT2D eigenvalue weighted by Crippen LogP contribution is 2.43. The molecule has 4 rings (SSSR count). The number of ketones is 1. The predicted molar refractivity (Wildman–Crippen MR) is 95.2 cm³/mol. The summed E-state index contributed by atoms with van der Waals surface area (Å²) in [7, 11) is 0. The Morgan fingerprint density at radius 2 is 1.75 bits per heavy atom. The van der Waals surface area contributed by atoms with Gasteiger partial charge in [-0.25, -0.2) is 0 Å². The van der Waals surface area contributed by atoms with Gasteiger partial charge in [-0.3, -0.25) is 9.69 Å². The molecule has 1 N–H and O–H groups in total. The number of fused-ring (bicyclic) bond motifs is 2. The zero-order valence-corrected chi connectivity index (χ0v) is 14.5. The minimum atomic E-state index is 0.335. The van der Waals surface area contributed by atoms with Gasteiger partial charge in [-0.15, -0.1) is 0 Å². The van der Waals surface area contributed by atoms with E-state index in [1.54, 1.807) is 6.07 Å². The van der Waals surface area contributed by atoms with Gasteiger partial charge < -0.3 is 5.11 Å². The number of phenols is 1. The van der Waals surface area contributed by atoms with Gasteiger partial charge >= 0.3 is 0 Å². The van der Waals surface area contributed by atoms with Crippen LogP contribution in [0.2, 0.25) is 0 Å². The van der Waals surface area contributed by atoms with Gasteiger partial charge in [-0.05, 0) is 62.1 Å². The molecule has 24 heavy (non-hydrogen) atoms. The van der Waals surface area contributed by atoms with Crippen LogP contribution in [0.25, 0.3) is 0 Å². The zero-order valence-electron chi connectivity index (χ0n) is 14.5. The molecule has 0 radical (unpaired) electrons. The van der Waals surface area contributed by atoms with Crippen molar-refractivity contribution >= 4 is 5.78 Å². The lowest BCUT2D eigenvalue weighted by Gasteiger charge is -2.39. The Labute approximate surface area is 145 Å². The predicted octanol–water partition coefficient (Wildman–Crippen LogP) is 4.25. The first kappa shape index (κ1) is 16.1. The molecule has 3 aliphatic rings. The lowest BCUT2D eigenvalue weighted by Crippen LogP contribution is -2.46. The third kappa shape index (κ3) is 3.23. The summed E-state index contributed by atoms with van der Waals surface area (Å²) in [6.07, 6.45) is 10.8. The van der Waals surface area contributed by atoms with E-state index in [-0.39, 0.29) is 0 Å². The summed E-state index contributed by atoms with van der Waals surface area (Å²) in [4.78, 5) is 15.2. The first-order chi connectivity index (χ1) is 11.7. The number of benzene rings is 1. The fraction of sp³-hybridized carbons (Fsp3) is 0.667. The Kier molecular flexibility index (Phi) is 4.62. The summed E-state index contributed by atoms with van der Waals surface area (Å²) in [5.41, 5.74) is 1.27. The number of piperidine rings is 1. The van der Waals surface area contributed by atoms with E-state index >= 15 is 0 Å². The number of carbonyl (C=O) groups excluding carboxylic acids is 1. The summed E-state index contributed by atoms with van der Waals surface area (Å²) in [6.45, 7) is 0.687. The van der Waals surface area contributed by atoms with Crippen molar-refractivity contribution < 1.29 is 9.90 Å². The number of Topliss-reactive ketones (excluding diaryl/α,β-unsaturated/α-hetero) is 1. The average Bonchev–Trinajstić information content (AvgIpc) is 2.83. The minimum absolute atomic E-state index is 0.335. The molecule has 3 fully saturated rings. The molecule has 0 spiro atoms. The fourth-order valence-electron chi connectivity index (χ4n) is 5.32. The van der Waals surface area contributed by atoms with Crippen molar-refractivity contribution in [2.45, 2.75) is 75.8 Å². The summed E-state index contributed by atoms with van der Waals surface area (Å²) in [5.74, 6) is 1.75. The Balaban J connectivity index is 1.40. The summed E-state index contributed by atoms with van der Waals surface area (Å²) < 4.78 is 0. The molecule has 2 bridgehead atoms. The normalized spacial score (nSPS) is 31.2. The molecule has 2 aliphatic heterocycles. The monoisotopic (exact) mass is 327 g/mol. The molecule has 1 aromatic rings. The number of phenolic OH excluding ortho intramolecular Hbond substituents is 1. The summed E-state index contributed by atoms with van der Waals surface area (Å²) in [5, 5.41) is 9.75. The van der Waals surface area contributed by atoms with Crippen LogP contribution in [0.4, 0.5) is 0 Å². The van der Waals surface area contributed by atoms with Crippen LogP contribution in [0.5, 0.6) is 5.75 Å². The van der Waals surface area contributed by atoms with Crippen LogP contribution >= 0.6 is 0 Å². The molecule has 1 aromatic carbocycles. The largest absolute Gasteiger partial charge is 0.508 e. The van der Waals surface area contributed by atoms with Crippen molar-refractivity contribution in [3.8, 4) is 5.75 Å². The van der Waals surface area contributed by atoms with E-state index in [1.165, 1.54) is 37.7 Å². The van der Waals surface area contributed by atoms with Crippen molar-refractivity contribution in [3.63, 3.8) is 0 Å². The highest BCUT2D eigenvalue weighted by Gasteiger charge is 2.42. The van der Waals surface area contributed by atoms with Crippen LogP contribution in [-0.4, -0.2) is 34.4 Å². The molecule has 2 atom stereocenters. The van der Waals surface area contributed by atoms with Gasteiger partial charge in [0.2, 0.25) is 0 Å². The first-order valence-electron chi connectivity index (χ1n) is 9.78. The molecule has 2 heterocycles. The van der Waals surface area contributed by atoms with E-state index in [1.807, 2.05) is 12.1 Å². The first-order valence-corrected chi connectivity index (χ1v) is 9.78. The maximum atomic E-state index is 12.7. The Morgan fingerprint density at radius 1 is 1.04 bits per heavy atom. The van der Waals surface area contributed by atoms with E-state index in [9.17, 15) is 9.90 Å². The van der Waals surface area contributed by atoms with Crippen molar-refractivity contribution in [1.82, 2.24) is 4.90 Å². The van der Waals surface area contributed by atoms with Crippen LogP contribution in [0.15, 0.2) is 24.3 Å². The van der Waals surface area contributed by atoms with Gasteiger partial charge in [0.1, 0.15) is 11.5 Å². The van der Waals surface area contributed by atoms with Gasteiger partial charge in [0.25, 0.3) is 0 Å². The molecule has 130 valence electrons. The Hall–Kier alpha value is -1.35. The second kappa shape index (κ2) is 6.87. The molecule has 3 heteroatoms. The van der Waals surface area contributed by atoms with Gasteiger partial charge in [-0.1, -0.05) is 31.4 Å². The number of rotatable bonds is 4. The van der Waals surface area contributed by atoms with Crippen LogP contribution in [0, 0.1) is 5.92 Å². The Morgan fingerprint density at radius 3 is 2.42 bits per heavy atom. The van der Waals surface area contributed by atoms with E-state index in [0.29, 0.717) is 42.0 Å². The topological polar surface area (TPSA) is 40.5 Å². The van der Waals surface area contributed by atoms with Crippen molar-refractivity contribution in [2.24, 2.45) is 5.92 Å². The molecule has 0 amide bonds. The molecule has 0 unspecified atom stereocenters. The third-order valence-corrected chi connectivity index (χ3v) is 6.62. The van der Waals surface area contributed by atoms with Gasteiger partial charge in [0.15, 0.2) is 0 Å². The maximum absolute atomic E-state index is 12.7. The van der Waals surface area contributed by atoms with Crippen molar-refractivity contribution in [3.05, 3.63) is 29.8 Å². The lowest BCUT2D eigenvalue weighted by atomic mass is 9.83. The standard InChI is InChI=1S/C21H29NO2/c23-20-8-4-7-16(13-20)17-11-18-9-10-19(12-17)22(18)14-21(24)15-5-2-1-3-6-15/h4,7-8,13,15,17-19,23H,1-3,5-6,9-12,14H2/t18-,19-/m1/s1. The average molecular weight is 327 g/mol. The number of aromatic hydroxyl groups is 1. The zero-order chi connectivity index (χ0) is 16.5. The molecule has 3 nitrogen and oxygen atoms in total. The van der Waals surface area contributed by atoms with Gasteiger partial charge in [-0.2, -0.15) is 0 Å². The number of hydrogen-bond acceptors (Lipinski definition) is 3. The van der Waals surface area contributed by atoms with Crippen molar-refractivity contribution in [1.29, 1.82) is 0 Å². The minimum Gasteiger partial charge on any atom is -0.508 e. The van der Waals surface area contributed by atoms with Crippen LogP contribution < -0.4 is 0 Å². The summed E-state index contributed by atoms with van der Waals surface area (Å²) >= 11 is 0. The lowest BCUT2D eigenvalue weighted by molar-refractivity contribution is -0.126. The second-order valence-corrected chi connectivity index (χ2v) is 8.12. The third-order valence-electron chi connectivity index (χ3n) is 6.62. The van der Waals surface area contributed by atoms with Crippen LogP contribution in [-0.2, 0) is 4.79 Å². The molecule has 0 aromatic heterocycles. The molecular formula is C21H29NO2. The van der Waals surface area contributed by atoms with E-state index in [2.05, 4.69) is 11.0 Å². The van der Waals surface area contributed by atoms with E-state index in [0.717, 1.165) is 25.7 Å². The van der Waals surface area contributed by atoms with Crippen LogP contribution in [0.1, 0.15) is 69.3 Å². The molecule has 1 aliphatic carbocycles. The highest BCUT2D eigenvalue weighted by atomic mass is 16.3. The Bertz CT molecular complexity index is 579. The SMILES string of the molecule is O=C(CN1[C@@H]2CC[C@@H]1CC(c1cccc(O)c1)C2)C1CCCCC1. The number of nitrogens with zero attached hydrogens (tertiary/aromatic N) is 1. The van der Waals surface area contributed by atoms with Gasteiger partial charge in [0.05, 0.1) is 6.54 Å². The number of carbonyl (C=O) groups is 1. The smallest absolute Gasteiger partial charge is 0.149 e. The second-order valence-electron chi connectivity index (χ2n) is 8.12. The van der Waals surface area contributed by atoms with E-state index < -0.39 is 0 Å². The maximum Gasteiger partial charge on any atom is 0.149 e. The van der Waals surface area contributed by atoms with E-state index in [4.69, 9.17) is 0 Å². The van der Waals surface area contributed by atoms with Crippen molar-refractivity contribution in [2.75, 3.05) is 6.54 Å². The number of hydrogen-bond donors (Lipinski definition) is 1. The fourth-order valence-corrected chi connectivity index (χ4v) is 5.32. The molecular weight excluding hydrogens is 298 g/mol. The van der Waals surface area contributed by atoms with Gasteiger partial charge in [0, 0.05) is 18.0 Å². The molecule has 2 saturated heterocycles. The summed E-state index contributed by atoms with van der Waals surface area (Å²) in [6, 6.07) is 8.88. The van der Waals surface area contributed by atoms with Crippen LogP contribution in [0.3, 0.4) is 0 Å². The quantitative estimate of drug-likeness (QED) is 0.898.